The van der Waals surface area contributed by atoms with Crippen molar-refractivity contribution < 1.29 is 5.11 Å². The number of aryl methyl sites for hydroxylation is 2. The molecule has 0 bridgehead atoms. The number of nitrogens with zero attached hydrogens (tertiary/aromatic N) is 6. The lowest BCUT2D eigenvalue weighted by atomic mass is 10.1. The Morgan fingerprint density at radius 3 is 1.97 bits per heavy atom. The van der Waals surface area contributed by atoms with Gasteiger partial charge in [-0.05, 0) is 49.1 Å². The Morgan fingerprint density at radius 2 is 1.29 bits per heavy atom. The van der Waals surface area contributed by atoms with Crippen LogP contribution in [0.5, 0.6) is 5.75 Å². The molecule has 0 spiro atoms. The second-order valence-corrected chi connectivity index (χ2v) is 6.05. The van der Waals surface area contributed by atoms with Gasteiger partial charge in [-0.1, -0.05) is 63.6 Å². The summed E-state index contributed by atoms with van der Waals surface area (Å²) < 4.78 is 0. The van der Waals surface area contributed by atoms with E-state index in [-0.39, 0.29) is 19.1 Å². The smallest absolute Gasteiger partial charge is 0.171 e. The maximum atomic E-state index is 10.3. The lowest BCUT2D eigenvalue weighted by molar-refractivity contribution is 0.482. The average molecular weight is 421 g/mol. The van der Waals surface area contributed by atoms with E-state index in [1.807, 2.05) is 90.1 Å². The van der Waals surface area contributed by atoms with Crippen molar-refractivity contribution >= 4 is 22.1 Å². The van der Waals surface area contributed by atoms with Gasteiger partial charge in [-0.15, -0.1) is 0 Å². The van der Waals surface area contributed by atoms with Gasteiger partial charge in [-0.25, -0.2) is 0 Å². The van der Waals surface area contributed by atoms with Crippen LogP contribution in [0.3, 0.4) is 0 Å². The zero-order chi connectivity index (χ0) is 23.1. The molecule has 7 heteroatoms. The number of phenolic OH excluding ortho intramolecular Hbond substituents is 1. The third kappa shape index (κ3) is 8.42. The summed E-state index contributed by atoms with van der Waals surface area (Å²) in [6, 6.07) is 17.2. The molecule has 0 saturated heterocycles. The maximum Gasteiger partial charge on any atom is 0.171 e. The maximum absolute atomic E-state index is 10.3. The summed E-state index contributed by atoms with van der Waals surface area (Å²) in [6.07, 6.45) is 0. The van der Waals surface area contributed by atoms with Crippen LogP contribution in [0.2, 0.25) is 0 Å². The van der Waals surface area contributed by atoms with E-state index in [0.717, 1.165) is 27.6 Å². The van der Waals surface area contributed by atoms with Crippen LogP contribution < -0.4 is 0 Å². The van der Waals surface area contributed by atoms with Gasteiger partial charge in [-0.3, -0.25) is 0 Å². The molecule has 1 N–H and O–H groups in total. The first kappa shape index (κ1) is 25.6. The van der Waals surface area contributed by atoms with Gasteiger partial charge < -0.3 is 5.11 Å². The minimum absolute atomic E-state index is 0.0608. The summed E-state index contributed by atoms with van der Waals surface area (Å²) >= 11 is 0. The molecule has 3 aromatic carbocycles. The van der Waals surface area contributed by atoms with Crippen molar-refractivity contribution in [1.29, 1.82) is 0 Å². The van der Waals surface area contributed by atoms with Gasteiger partial charge >= 0.3 is 0 Å². The van der Waals surface area contributed by atoms with Gasteiger partial charge in [0.25, 0.3) is 0 Å². The summed E-state index contributed by atoms with van der Waals surface area (Å²) in [5.41, 5.74) is 3.38. The van der Waals surface area contributed by atoms with Crippen LogP contribution in [0.25, 0.3) is 10.8 Å². The topological polar surface area (TPSA) is 94.4 Å². The first-order valence-electron chi connectivity index (χ1n) is 10.5. The predicted molar refractivity (Wildman–Crippen MR) is 128 cm³/mol. The number of fused-ring (bicyclic) bond motifs is 1. The van der Waals surface area contributed by atoms with Crippen LogP contribution in [-0.2, 0) is 0 Å². The summed E-state index contributed by atoms with van der Waals surface area (Å²) in [6.45, 7) is 12.2. The fraction of sp³-hybridized carbons (Fsp3) is 0.333. The Hall–Kier alpha value is -3.48. The molecule has 3 rings (SSSR count). The summed E-state index contributed by atoms with van der Waals surface area (Å²) in [4.78, 5) is 0. The predicted octanol–water partition coefficient (Wildman–Crippen LogP) is 8.45. The molecule has 7 nitrogen and oxygen atoms in total. The van der Waals surface area contributed by atoms with Crippen LogP contribution in [0.1, 0.15) is 38.8 Å². The number of rotatable bonds is 6. The minimum atomic E-state index is 0.0608. The van der Waals surface area contributed by atoms with Gasteiger partial charge in [0, 0.05) is 5.39 Å². The molecule has 0 aliphatic heterocycles. The average Bonchev–Trinajstić information content (AvgIpc) is 2.80. The molecule has 3 aromatic rings. The Labute approximate surface area is 184 Å². The van der Waals surface area contributed by atoms with Crippen LogP contribution in [0.15, 0.2) is 85.3 Å². The lowest BCUT2D eigenvalue weighted by Gasteiger charge is -2.04. The summed E-state index contributed by atoms with van der Waals surface area (Å²) in [7, 11) is 0. The van der Waals surface area contributed by atoms with E-state index >= 15 is 0 Å². The molecule has 0 atom stereocenters. The van der Waals surface area contributed by atoms with Gasteiger partial charge in [0.15, 0.2) is 19.1 Å². The third-order valence-corrected chi connectivity index (χ3v) is 3.85. The van der Waals surface area contributed by atoms with Crippen LogP contribution in [-0.4, -0.2) is 18.4 Å². The number of benzene rings is 3. The molecular weight excluding hydrogens is 388 g/mol. The fourth-order valence-electron chi connectivity index (χ4n) is 2.54. The monoisotopic (exact) mass is 420 g/mol. The highest BCUT2D eigenvalue weighted by Crippen LogP contribution is 2.35. The van der Waals surface area contributed by atoms with Gasteiger partial charge in [0.2, 0.25) is 0 Å². The Balaban J connectivity index is 0.00000113. The number of hydrogen-bond donors (Lipinski definition) is 1. The van der Waals surface area contributed by atoms with E-state index < -0.39 is 0 Å². The third-order valence-electron chi connectivity index (χ3n) is 3.85. The van der Waals surface area contributed by atoms with Crippen molar-refractivity contribution in [1.82, 2.24) is 0 Å². The second kappa shape index (κ2) is 14.5. The standard InChI is InChI=1S/C20H20N6O.2C2H6/c1-14-4-3-5-17(10-14)25-23-12-21-22-13-24-26-19-9-8-16-7-6-15(2)11-18(16)20(19)27;2*1-2/h3-11,27H,12-13H2,1-2H3;2*1-2H3. The van der Waals surface area contributed by atoms with Gasteiger partial charge in [0.1, 0.15) is 5.69 Å². The van der Waals surface area contributed by atoms with Crippen molar-refractivity contribution in [2.24, 2.45) is 30.7 Å². The molecular formula is C24H32N6O. The molecule has 0 saturated carbocycles. The zero-order valence-corrected chi connectivity index (χ0v) is 19.2. The Bertz CT molecular complexity index is 1030. The highest BCUT2D eigenvalue weighted by molar-refractivity contribution is 5.92. The van der Waals surface area contributed by atoms with Gasteiger partial charge in [0.05, 0.1) is 5.69 Å². The highest BCUT2D eigenvalue weighted by Gasteiger charge is 2.05. The van der Waals surface area contributed by atoms with Crippen LogP contribution in [0.4, 0.5) is 11.4 Å². The van der Waals surface area contributed by atoms with Crippen molar-refractivity contribution in [3.63, 3.8) is 0 Å². The minimum Gasteiger partial charge on any atom is -0.505 e. The van der Waals surface area contributed by atoms with Crippen molar-refractivity contribution in [3.8, 4) is 5.75 Å². The van der Waals surface area contributed by atoms with E-state index in [2.05, 4.69) is 30.7 Å². The van der Waals surface area contributed by atoms with E-state index in [1.54, 1.807) is 6.07 Å². The number of azo groups is 3. The molecule has 0 unspecified atom stereocenters. The molecule has 0 aliphatic carbocycles. The summed E-state index contributed by atoms with van der Waals surface area (Å²) in [5.74, 6) is 0.115. The second-order valence-electron chi connectivity index (χ2n) is 6.05. The van der Waals surface area contributed by atoms with Crippen LogP contribution in [0, 0.1) is 13.8 Å². The van der Waals surface area contributed by atoms with E-state index in [9.17, 15) is 5.11 Å². The van der Waals surface area contributed by atoms with Crippen molar-refractivity contribution in [3.05, 3.63) is 65.7 Å². The van der Waals surface area contributed by atoms with Crippen molar-refractivity contribution in [2.75, 3.05) is 13.3 Å². The highest BCUT2D eigenvalue weighted by atomic mass is 16.3. The molecule has 31 heavy (non-hydrogen) atoms. The largest absolute Gasteiger partial charge is 0.505 e. The Morgan fingerprint density at radius 1 is 0.677 bits per heavy atom. The molecule has 0 heterocycles. The van der Waals surface area contributed by atoms with Gasteiger partial charge in [-0.2, -0.15) is 30.7 Å². The first-order valence-corrected chi connectivity index (χ1v) is 10.5. The molecule has 0 amide bonds. The van der Waals surface area contributed by atoms with Crippen molar-refractivity contribution in [2.45, 2.75) is 41.5 Å². The summed E-state index contributed by atoms with van der Waals surface area (Å²) in [5, 5.41) is 35.8. The zero-order valence-electron chi connectivity index (χ0n) is 19.2. The molecule has 0 radical (unpaired) electrons. The quantitative estimate of drug-likeness (QED) is 0.398. The van der Waals surface area contributed by atoms with E-state index in [0.29, 0.717) is 5.69 Å². The Kier molecular flexibility index (Phi) is 11.9. The fourth-order valence-corrected chi connectivity index (χ4v) is 2.54. The van der Waals surface area contributed by atoms with Crippen LogP contribution >= 0.6 is 0 Å². The molecule has 0 fully saturated rings. The van der Waals surface area contributed by atoms with E-state index in [4.69, 9.17) is 0 Å². The molecule has 0 aliphatic rings. The molecule has 164 valence electrons. The normalized spacial score (nSPS) is 10.9. The first-order chi connectivity index (χ1) is 15.1. The SMILES string of the molecule is CC.CC.Cc1cccc(N=NCN=NCN=Nc2ccc3ccc(C)cc3c2O)c1. The number of hydrogen-bond acceptors (Lipinski definition) is 7. The number of aromatic hydroxyl groups is 1. The number of phenols is 1. The van der Waals surface area contributed by atoms with E-state index in [1.165, 1.54) is 0 Å². The lowest BCUT2D eigenvalue weighted by Crippen LogP contribution is -1.78. The molecule has 0 aromatic heterocycles.